The number of carboxylic acid groups (broad SMARTS) is 1. The summed E-state index contributed by atoms with van der Waals surface area (Å²) < 4.78 is 10.7. The normalized spacial score (nSPS) is 10.6. The molecule has 0 aliphatic heterocycles. The van der Waals surface area contributed by atoms with Crippen molar-refractivity contribution in [2.75, 3.05) is 20.0 Å². The van der Waals surface area contributed by atoms with Crippen LogP contribution in [0.1, 0.15) is 10.4 Å². The van der Waals surface area contributed by atoms with Gasteiger partial charge < -0.3 is 20.3 Å². The summed E-state index contributed by atoms with van der Waals surface area (Å²) in [5.74, 6) is 0.119. The van der Waals surface area contributed by atoms with E-state index in [1.165, 1.54) is 6.07 Å². The van der Waals surface area contributed by atoms with E-state index in [1.807, 2.05) is 0 Å². The van der Waals surface area contributed by atoms with Gasteiger partial charge in [0.15, 0.2) is 0 Å². The van der Waals surface area contributed by atoms with Crippen LogP contribution in [0.5, 0.6) is 11.5 Å². The molecule has 122 valence electrons. The van der Waals surface area contributed by atoms with Crippen LogP contribution >= 0.6 is 0 Å². The molecule has 2 aromatic carbocycles. The van der Waals surface area contributed by atoms with Crippen LogP contribution in [-0.4, -0.2) is 30.3 Å². The van der Waals surface area contributed by atoms with Gasteiger partial charge in [0.05, 0.1) is 31.0 Å². The molecular formula is C18H16N2O4. The molecule has 0 saturated carbocycles. The van der Waals surface area contributed by atoms with Crippen molar-refractivity contribution in [1.82, 2.24) is 4.98 Å². The van der Waals surface area contributed by atoms with Crippen LogP contribution in [0.15, 0.2) is 42.6 Å². The largest absolute Gasteiger partial charge is 0.497 e. The van der Waals surface area contributed by atoms with Gasteiger partial charge in [-0.15, -0.1) is 0 Å². The number of nitrogens with zero attached hydrogens (tertiary/aromatic N) is 1. The fourth-order valence-corrected chi connectivity index (χ4v) is 2.68. The summed E-state index contributed by atoms with van der Waals surface area (Å²) in [6.45, 7) is 0. The van der Waals surface area contributed by atoms with Crippen molar-refractivity contribution < 1.29 is 19.4 Å². The number of nitrogens with two attached hydrogens (primary N) is 1. The third-order valence-corrected chi connectivity index (χ3v) is 3.86. The predicted molar refractivity (Wildman–Crippen MR) is 91.7 cm³/mol. The first-order chi connectivity index (χ1) is 11.6. The number of hydrogen-bond donors (Lipinski definition) is 2. The standard InChI is InChI=1S/C18H16N2O4/c1-23-10-5-6-15(24-2)12(8-10)13-9-14(18(21)22)16(19)11-4-3-7-20-17(11)13/h3-9H,19H2,1-2H3,(H,21,22). The molecule has 3 aromatic rings. The van der Waals surface area contributed by atoms with E-state index in [-0.39, 0.29) is 11.3 Å². The highest BCUT2D eigenvalue weighted by atomic mass is 16.5. The van der Waals surface area contributed by atoms with Gasteiger partial charge in [0.1, 0.15) is 11.5 Å². The molecule has 1 aromatic heterocycles. The Morgan fingerprint density at radius 2 is 1.92 bits per heavy atom. The van der Waals surface area contributed by atoms with Gasteiger partial charge in [-0.1, -0.05) is 0 Å². The van der Waals surface area contributed by atoms with Gasteiger partial charge in [0.25, 0.3) is 0 Å². The van der Waals surface area contributed by atoms with Crippen LogP contribution < -0.4 is 15.2 Å². The molecule has 0 radical (unpaired) electrons. The number of nitrogen functional groups attached to an aromatic ring is 1. The highest BCUT2D eigenvalue weighted by Gasteiger charge is 2.19. The minimum absolute atomic E-state index is 0.0235. The van der Waals surface area contributed by atoms with Gasteiger partial charge in [-0.25, -0.2) is 4.79 Å². The van der Waals surface area contributed by atoms with Crippen LogP contribution in [0, 0.1) is 0 Å². The Kier molecular flexibility index (Phi) is 3.95. The lowest BCUT2D eigenvalue weighted by Crippen LogP contribution is -2.05. The molecule has 0 aliphatic rings. The zero-order chi connectivity index (χ0) is 17.3. The summed E-state index contributed by atoms with van der Waals surface area (Å²) in [5.41, 5.74) is 8.14. The first-order valence-electron chi connectivity index (χ1n) is 7.19. The molecule has 0 atom stereocenters. The number of fused-ring (bicyclic) bond motifs is 1. The number of aromatic carboxylic acids is 1. The first kappa shape index (κ1) is 15.6. The highest BCUT2D eigenvalue weighted by Crippen LogP contribution is 2.39. The zero-order valence-electron chi connectivity index (χ0n) is 13.2. The van der Waals surface area contributed by atoms with E-state index in [0.29, 0.717) is 33.5 Å². The Bertz CT molecular complexity index is 938. The topological polar surface area (TPSA) is 94.7 Å². The first-order valence-corrected chi connectivity index (χ1v) is 7.19. The quantitative estimate of drug-likeness (QED) is 0.716. The highest BCUT2D eigenvalue weighted by molar-refractivity contribution is 6.09. The zero-order valence-corrected chi connectivity index (χ0v) is 13.2. The van der Waals surface area contributed by atoms with Gasteiger partial charge in [-0.2, -0.15) is 0 Å². The van der Waals surface area contributed by atoms with Gasteiger partial charge in [-0.05, 0) is 36.4 Å². The van der Waals surface area contributed by atoms with Crippen molar-refractivity contribution in [2.24, 2.45) is 0 Å². The van der Waals surface area contributed by atoms with E-state index < -0.39 is 5.97 Å². The molecule has 0 aliphatic carbocycles. The molecule has 0 bridgehead atoms. The van der Waals surface area contributed by atoms with E-state index in [2.05, 4.69) is 4.98 Å². The molecule has 0 amide bonds. The Morgan fingerprint density at radius 1 is 1.12 bits per heavy atom. The van der Waals surface area contributed by atoms with Crippen molar-refractivity contribution in [3.63, 3.8) is 0 Å². The van der Waals surface area contributed by atoms with E-state index in [1.54, 1.807) is 50.7 Å². The molecular weight excluding hydrogens is 308 g/mol. The summed E-state index contributed by atoms with van der Waals surface area (Å²) in [5, 5.41) is 10.0. The van der Waals surface area contributed by atoms with Crippen LogP contribution in [0.2, 0.25) is 0 Å². The Balaban J connectivity index is 2.42. The molecule has 6 nitrogen and oxygen atoms in total. The average molecular weight is 324 g/mol. The molecule has 0 unspecified atom stereocenters. The third-order valence-electron chi connectivity index (χ3n) is 3.86. The monoisotopic (exact) mass is 324 g/mol. The number of ether oxygens (including phenoxy) is 2. The molecule has 0 fully saturated rings. The fraction of sp³-hybridized carbons (Fsp3) is 0.111. The summed E-state index contributed by atoms with van der Waals surface area (Å²) in [4.78, 5) is 16.0. The van der Waals surface area contributed by atoms with E-state index >= 15 is 0 Å². The third kappa shape index (κ3) is 2.48. The van der Waals surface area contributed by atoms with Gasteiger partial charge in [0, 0.05) is 22.7 Å². The number of carboxylic acids is 1. The summed E-state index contributed by atoms with van der Waals surface area (Å²) in [6.07, 6.45) is 1.64. The SMILES string of the molecule is COc1ccc(OC)c(-c2cc(C(=O)O)c(N)c3cccnc23)c1. The van der Waals surface area contributed by atoms with Crippen molar-refractivity contribution in [3.05, 3.63) is 48.2 Å². The van der Waals surface area contributed by atoms with Crippen molar-refractivity contribution in [3.8, 4) is 22.6 Å². The molecule has 3 N–H and O–H groups in total. The molecule has 1 heterocycles. The maximum atomic E-state index is 11.6. The maximum Gasteiger partial charge on any atom is 0.337 e. The van der Waals surface area contributed by atoms with Crippen molar-refractivity contribution >= 4 is 22.6 Å². The number of benzene rings is 2. The summed E-state index contributed by atoms with van der Waals surface area (Å²) >= 11 is 0. The number of hydrogen-bond acceptors (Lipinski definition) is 5. The number of rotatable bonds is 4. The summed E-state index contributed by atoms with van der Waals surface area (Å²) in [6, 6.07) is 10.3. The molecule has 24 heavy (non-hydrogen) atoms. The van der Waals surface area contributed by atoms with Crippen molar-refractivity contribution in [1.29, 1.82) is 0 Å². The Labute approximate surface area is 138 Å². The molecule has 0 saturated heterocycles. The van der Waals surface area contributed by atoms with Crippen LogP contribution in [0.4, 0.5) is 5.69 Å². The lowest BCUT2D eigenvalue weighted by Gasteiger charge is -2.15. The van der Waals surface area contributed by atoms with E-state index in [0.717, 1.165) is 0 Å². The second-order valence-corrected chi connectivity index (χ2v) is 5.16. The van der Waals surface area contributed by atoms with Crippen LogP contribution in [0.25, 0.3) is 22.0 Å². The Hall–Kier alpha value is -3.28. The number of methoxy groups -OCH3 is 2. The average Bonchev–Trinajstić information content (AvgIpc) is 2.61. The minimum Gasteiger partial charge on any atom is -0.497 e. The van der Waals surface area contributed by atoms with Gasteiger partial charge >= 0.3 is 5.97 Å². The smallest absolute Gasteiger partial charge is 0.337 e. The lowest BCUT2D eigenvalue weighted by molar-refractivity contribution is 0.0698. The number of aromatic nitrogens is 1. The lowest BCUT2D eigenvalue weighted by atomic mass is 9.96. The van der Waals surface area contributed by atoms with Gasteiger partial charge in [0.2, 0.25) is 0 Å². The number of carbonyl (C=O) groups is 1. The number of pyridine rings is 1. The second kappa shape index (κ2) is 6.08. The number of anilines is 1. The second-order valence-electron chi connectivity index (χ2n) is 5.16. The molecule has 0 spiro atoms. The predicted octanol–water partition coefficient (Wildman–Crippen LogP) is 3.20. The molecule has 6 heteroatoms. The van der Waals surface area contributed by atoms with Crippen LogP contribution in [0.3, 0.4) is 0 Å². The Morgan fingerprint density at radius 3 is 2.58 bits per heavy atom. The fourth-order valence-electron chi connectivity index (χ4n) is 2.68. The van der Waals surface area contributed by atoms with E-state index in [9.17, 15) is 9.90 Å². The van der Waals surface area contributed by atoms with Crippen molar-refractivity contribution in [2.45, 2.75) is 0 Å². The van der Waals surface area contributed by atoms with E-state index in [4.69, 9.17) is 15.2 Å². The maximum absolute atomic E-state index is 11.6. The van der Waals surface area contributed by atoms with Gasteiger partial charge in [-0.3, -0.25) is 4.98 Å². The minimum atomic E-state index is -1.10. The van der Waals surface area contributed by atoms with Crippen LogP contribution in [-0.2, 0) is 0 Å². The molecule has 3 rings (SSSR count). The summed E-state index contributed by atoms with van der Waals surface area (Å²) in [7, 11) is 3.12.